The van der Waals surface area contributed by atoms with Gasteiger partial charge in [-0.05, 0) is 18.4 Å². The molecule has 1 heterocycles. The monoisotopic (exact) mass is 266 g/mol. The van der Waals surface area contributed by atoms with E-state index in [0.717, 1.165) is 31.5 Å². The zero-order chi connectivity index (χ0) is 13.8. The number of nitrogen functional groups attached to an aromatic ring is 1. The first-order valence-corrected chi connectivity index (χ1v) is 6.25. The van der Waals surface area contributed by atoms with Gasteiger partial charge < -0.3 is 10.5 Å². The Hall–Kier alpha value is -1.70. The van der Waals surface area contributed by atoms with Crippen LogP contribution in [-0.4, -0.2) is 34.1 Å². The molecule has 0 aliphatic carbocycles. The number of benzene rings is 1. The molecular weight excluding hydrogens is 248 g/mol. The molecule has 4 N–H and O–H groups in total. The number of nitro groups is 1. The Bertz CT molecular complexity index is 458. The van der Waals surface area contributed by atoms with Gasteiger partial charge >= 0.3 is 0 Å². The molecule has 1 aromatic rings. The summed E-state index contributed by atoms with van der Waals surface area (Å²) in [6, 6.07) is 4.92. The number of aliphatic hydroxyl groups is 1. The van der Waals surface area contributed by atoms with E-state index in [2.05, 4.69) is 10.3 Å². The fraction of sp³-hybridized carbons (Fsp3) is 0.500. The van der Waals surface area contributed by atoms with Gasteiger partial charge in [-0.25, -0.2) is 0 Å². The van der Waals surface area contributed by atoms with E-state index in [-0.39, 0.29) is 11.8 Å². The minimum Gasteiger partial charge on any atom is -0.393 e. The number of nitrogens with two attached hydrogens (primary N) is 1. The molecule has 7 heteroatoms. The average Bonchev–Trinajstić information content (AvgIpc) is 2.41. The number of nitrogens with zero attached hydrogens (tertiary/aromatic N) is 2. The summed E-state index contributed by atoms with van der Waals surface area (Å²) in [5.41, 5.74) is 3.57. The van der Waals surface area contributed by atoms with E-state index >= 15 is 0 Å². The fourth-order valence-corrected chi connectivity index (χ4v) is 2.36. The summed E-state index contributed by atoms with van der Waals surface area (Å²) in [6.07, 6.45) is 1.24. The Labute approximate surface area is 111 Å². The van der Waals surface area contributed by atoms with Crippen LogP contribution < -0.4 is 11.3 Å². The second kappa shape index (κ2) is 5.96. The van der Waals surface area contributed by atoms with E-state index in [1.807, 2.05) is 6.07 Å². The zero-order valence-corrected chi connectivity index (χ0v) is 10.6. The lowest BCUT2D eigenvalue weighted by atomic mass is 10.1. The number of aliphatic hydroxyl groups excluding tert-OH is 1. The zero-order valence-electron chi connectivity index (χ0n) is 10.6. The van der Waals surface area contributed by atoms with Crippen molar-refractivity contribution in [3.05, 3.63) is 33.9 Å². The SMILES string of the molecule is NNc1c(CN2CCC(O)CC2)cccc1[N+](=O)[O-]. The number of anilines is 1. The molecule has 0 unspecified atom stereocenters. The molecule has 19 heavy (non-hydrogen) atoms. The molecule has 1 aromatic carbocycles. The molecule has 0 spiro atoms. The van der Waals surface area contributed by atoms with Crippen molar-refractivity contribution in [3.63, 3.8) is 0 Å². The number of nitrogens with one attached hydrogen (secondary N) is 1. The Morgan fingerprint density at radius 2 is 2.16 bits per heavy atom. The number of hydrogen-bond acceptors (Lipinski definition) is 6. The molecule has 0 amide bonds. The third-order valence-electron chi connectivity index (χ3n) is 3.42. The van der Waals surface area contributed by atoms with Gasteiger partial charge in [0.25, 0.3) is 5.69 Å². The van der Waals surface area contributed by atoms with Gasteiger partial charge in [0.2, 0.25) is 0 Å². The molecule has 2 rings (SSSR count). The molecule has 0 atom stereocenters. The van der Waals surface area contributed by atoms with Crippen LogP contribution in [0.3, 0.4) is 0 Å². The van der Waals surface area contributed by atoms with E-state index in [1.165, 1.54) is 6.07 Å². The lowest BCUT2D eigenvalue weighted by Crippen LogP contribution is -2.35. The van der Waals surface area contributed by atoms with Gasteiger partial charge in [0, 0.05) is 25.7 Å². The molecule has 0 bridgehead atoms. The lowest BCUT2D eigenvalue weighted by molar-refractivity contribution is -0.384. The maximum absolute atomic E-state index is 10.9. The molecule has 7 nitrogen and oxygen atoms in total. The highest BCUT2D eigenvalue weighted by molar-refractivity contribution is 5.65. The van der Waals surface area contributed by atoms with Gasteiger partial charge in [-0.1, -0.05) is 12.1 Å². The van der Waals surface area contributed by atoms with E-state index in [1.54, 1.807) is 6.07 Å². The largest absolute Gasteiger partial charge is 0.393 e. The fourth-order valence-electron chi connectivity index (χ4n) is 2.36. The van der Waals surface area contributed by atoms with Crippen molar-refractivity contribution in [2.45, 2.75) is 25.5 Å². The summed E-state index contributed by atoms with van der Waals surface area (Å²) < 4.78 is 0. The number of piperidine rings is 1. The van der Waals surface area contributed by atoms with E-state index < -0.39 is 4.92 Å². The van der Waals surface area contributed by atoms with Crippen LogP contribution in [0.15, 0.2) is 18.2 Å². The van der Waals surface area contributed by atoms with Gasteiger partial charge in [0.05, 0.1) is 11.0 Å². The molecule has 0 aromatic heterocycles. The van der Waals surface area contributed by atoms with E-state index in [4.69, 9.17) is 5.84 Å². The smallest absolute Gasteiger partial charge is 0.293 e. The number of hydrogen-bond donors (Lipinski definition) is 3. The maximum Gasteiger partial charge on any atom is 0.293 e. The number of rotatable bonds is 4. The highest BCUT2D eigenvalue weighted by Crippen LogP contribution is 2.28. The second-order valence-electron chi connectivity index (χ2n) is 4.72. The third kappa shape index (κ3) is 3.19. The lowest BCUT2D eigenvalue weighted by Gasteiger charge is -2.29. The van der Waals surface area contributed by atoms with Crippen LogP contribution in [0.1, 0.15) is 18.4 Å². The number of hydrazine groups is 1. The van der Waals surface area contributed by atoms with Crippen molar-refractivity contribution >= 4 is 11.4 Å². The maximum atomic E-state index is 10.9. The number of nitro benzene ring substituents is 1. The van der Waals surface area contributed by atoms with Gasteiger partial charge in [-0.3, -0.25) is 20.9 Å². The summed E-state index contributed by atoms with van der Waals surface area (Å²) in [5, 5.41) is 20.4. The molecule has 1 aliphatic heterocycles. The van der Waals surface area contributed by atoms with E-state index in [9.17, 15) is 15.2 Å². The molecular formula is C12H18N4O3. The number of likely N-dealkylation sites (tertiary alicyclic amines) is 1. The van der Waals surface area contributed by atoms with Crippen LogP contribution in [0.4, 0.5) is 11.4 Å². The van der Waals surface area contributed by atoms with Crippen LogP contribution in [0.25, 0.3) is 0 Å². The van der Waals surface area contributed by atoms with Crippen LogP contribution >= 0.6 is 0 Å². The normalized spacial score (nSPS) is 17.4. The van der Waals surface area contributed by atoms with Crippen LogP contribution in [-0.2, 0) is 6.54 Å². The van der Waals surface area contributed by atoms with Crippen molar-refractivity contribution < 1.29 is 10.0 Å². The minimum absolute atomic E-state index is 0.0166. The highest BCUT2D eigenvalue weighted by atomic mass is 16.6. The van der Waals surface area contributed by atoms with Gasteiger partial charge in [-0.15, -0.1) is 0 Å². The average molecular weight is 266 g/mol. The summed E-state index contributed by atoms with van der Waals surface area (Å²) in [6.45, 7) is 2.16. The van der Waals surface area contributed by atoms with Crippen molar-refractivity contribution in [2.75, 3.05) is 18.5 Å². The minimum atomic E-state index is -0.446. The number of para-hydroxylation sites is 1. The van der Waals surface area contributed by atoms with Gasteiger partial charge in [0.1, 0.15) is 5.69 Å². The predicted octanol–water partition coefficient (Wildman–Crippen LogP) is 0.837. The second-order valence-corrected chi connectivity index (χ2v) is 4.72. The highest BCUT2D eigenvalue weighted by Gasteiger charge is 2.21. The molecule has 104 valence electrons. The summed E-state index contributed by atoms with van der Waals surface area (Å²) >= 11 is 0. The van der Waals surface area contributed by atoms with Crippen LogP contribution in [0.2, 0.25) is 0 Å². The Morgan fingerprint density at radius 3 is 2.74 bits per heavy atom. The summed E-state index contributed by atoms with van der Waals surface area (Å²) in [4.78, 5) is 12.6. The van der Waals surface area contributed by atoms with Crippen LogP contribution in [0.5, 0.6) is 0 Å². The van der Waals surface area contributed by atoms with Gasteiger partial charge in [-0.2, -0.15) is 0 Å². The standard InChI is InChI=1S/C12H18N4O3/c13-14-12-9(2-1-3-11(12)16(18)19)8-15-6-4-10(17)5-7-15/h1-3,10,14,17H,4-8,13H2. The topological polar surface area (TPSA) is 105 Å². The Kier molecular flexibility index (Phi) is 4.31. The van der Waals surface area contributed by atoms with Crippen molar-refractivity contribution in [2.24, 2.45) is 5.84 Å². The van der Waals surface area contributed by atoms with Crippen LogP contribution in [0, 0.1) is 10.1 Å². The quantitative estimate of drug-likeness (QED) is 0.423. The molecule has 1 saturated heterocycles. The molecule has 1 fully saturated rings. The van der Waals surface area contributed by atoms with E-state index in [0.29, 0.717) is 12.2 Å². The first-order chi connectivity index (χ1) is 9.11. The Morgan fingerprint density at radius 1 is 1.47 bits per heavy atom. The summed E-state index contributed by atoms with van der Waals surface area (Å²) in [7, 11) is 0. The first kappa shape index (κ1) is 13.7. The van der Waals surface area contributed by atoms with Gasteiger partial charge in [0.15, 0.2) is 0 Å². The first-order valence-electron chi connectivity index (χ1n) is 6.25. The molecule has 0 radical (unpaired) electrons. The third-order valence-corrected chi connectivity index (χ3v) is 3.42. The predicted molar refractivity (Wildman–Crippen MR) is 71.4 cm³/mol. The van der Waals surface area contributed by atoms with Crippen molar-refractivity contribution in [1.82, 2.24) is 4.90 Å². The molecule has 1 aliphatic rings. The van der Waals surface area contributed by atoms with Crippen molar-refractivity contribution in [1.29, 1.82) is 0 Å². The Balaban J connectivity index is 2.16. The molecule has 0 saturated carbocycles. The van der Waals surface area contributed by atoms with Crippen molar-refractivity contribution in [3.8, 4) is 0 Å². The summed E-state index contributed by atoms with van der Waals surface area (Å²) in [5.74, 6) is 5.40.